The number of aromatic nitrogens is 6. The number of fused-ring (bicyclic) bond motifs is 9. The average Bonchev–Trinajstić information content (AvgIpc) is 4.21. The van der Waals surface area contributed by atoms with Crippen LogP contribution in [-0.4, -0.2) is 29.9 Å². The zero-order valence-electron chi connectivity index (χ0n) is 34.6. The van der Waals surface area contributed by atoms with Crippen LogP contribution in [0.4, 0.5) is 0 Å². The molecule has 6 heteroatoms. The minimum Gasteiger partial charge on any atom is -0.354 e. The van der Waals surface area contributed by atoms with Gasteiger partial charge in [-0.2, -0.15) is 0 Å². The number of hydrogen-bond donors (Lipinski definition) is 2. The van der Waals surface area contributed by atoms with Crippen LogP contribution in [-0.2, 0) is 0 Å². The topological polar surface area (TPSA) is 83.1 Å². The number of rotatable bonds is 6. The first-order chi connectivity index (χ1) is 31.7. The van der Waals surface area contributed by atoms with Crippen LogP contribution in [0.3, 0.4) is 0 Å². The van der Waals surface area contributed by atoms with Gasteiger partial charge in [0.1, 0.15) is 0 Å². The van der Waals surface area contributed by atoms with Gasteiger partial charge in [-0.3, -0.25) is 0 Å². The van der Waals surface area contributed by atoms with Crippen LogP contribution >= 0.6 is 0 Å². The van der Waals surface area contributed by atoms with Gasteiger partial charge in [-0.05, 0) is 83.0 Å². The summed E-state index contributed by atoms with van der Waals surface area (Å²) in [5.41, 5.74) is 20.7. The Morgan fingerprint density at radius 1 is 0.250 bits per heavy atom. The van der Waals surface area contributed by atoms with Gasteiger partial charge in [0, 0.05) is 55.4 Å². The van der Waals surface area contributed by atoms with E-state index in [9.17, 15) is 0 Å². The summed E-state index contributed by atoms with van der Waals surface area (Å²) >= 11 is 0. The van der Waals surface area contributed by atoms with Crippen molar-refractivity contribution in [2.75, 3.05) is 0 Å². The molecule has 64 heavy (non-hydrogen) atoms. The van der Waals surface area contributed by atoms with Crippen molar-refractivity contribution in [1.29, 1.82) is 0 Å². The molecular formula is C58H38N6. The second-order valence-electron chi connectivity index (χ2n) is 16.0. The Labute approximate surface area is 369 Å². The van der Waals surface area contributed by atoms with Gasteiger partial charge in [-0.25, -0.2) is 19.9 Å². The van der Waals surface area contributed by atoms with E-state index in [4.69, 9.17) is 19.9 Å². The smallest absolute Gasteiger partial charge is 0.0973 e. The SMILES string of the molecule is C1=Cc2nc1c(-c1ccccc1)c1ccc([nH]1)c(-c1ccccc1)c1nc(c(-c3ccc4nc(-c5ccccc5)c(-c5ccccc5)nc4c3)c3ccc([nH]3)c2-c2ccccc2)C=C1. The van der Waals surface area contributed by atoms with E-state index < -0.39 is 0 Å². The molecule has 8 bridgehead atoms. The van der Waals surface area contributed by atoms with Gasteiger partial charge < -0.3 is 9.97 Å². The molecule has 2 aliphatic heterocycles. The Morgan fingerprint density at radius 2 is 0.562 bits per heavy atom. The first kappa shape index (κ1) is 37.1. The summed E-state index contributed by atoms with van der Waals surface area (Å²) in [6.45, 7) is 0. The van der Waals surface area contributed by atoms with Crippen LogP contribution in [0.1, 0.15) is 22.8 Å². The zero-order valence-corrected chi connectivity index (χ0v) is 34.6. The van der Waals surface area contributed by atoms with Crippen LogP contribution < -0.4 is 0 Å². The number of nitrogens with zero attached hydrogens (tertiary/aromatic N) is 4. The van der Waals surface area contributed by atoms with Gasteiger partial charge in [0.25, 0.3) is 0 Å². The predicted molar refractivity (Wildman–Crippen MR) is 265 cm³/mol. The van der Waals surface area contributed by atoms with E-state index in [1.165, 1.54) is 0 Å². The van der Waals surface area contributed by atoms with Crippen molar-refractivity contribution >= 4 is 57.4 Å². The van der Waals surface area contributed by atoms with E-state index >= 15 is 0 Å². The maximum Gasteiger partial charge on any atom is 0.0973 e. The van der Waals surface area contributed by atoms with Crippen molar-refractivity contribution in [1.82, 2.24) is 29.9 Å². The molecule has 12 rings (SSSR count). The van der Waals surface area contributed by atoms with E-state index in [-0.39, 0.29) is 0 Å². The van der Waals surface area contributed by atoms with E-state index in [0.717, 1.165) is 123 Å². The highest BCUT2D eigenvalue weighted by Gasteiger charge is 2.20. The van der Waals surface area contributed by atoms with Crippen LogP contribution in [0.2, 0.25) is 0 Å². The van der Waals surface area contributed by atoms with Gasteiger partial charge in [-0.15, -0.1) is 0 Å². The monoisotopic (exact) mass is 818 g/mol. The number of aromatic amines is 2. The number of hydrogen-bond acceptors (Lipinski definition) is 4. The summed E-state index contributed by atoms with van der Waals surface area (Å²) in [5.74, 6) is 0. The standard InChI is InChI=1S/C58H38N6/c1-6-16-37(17-7-1)53-44-28-30-46(59-44)54(38-18-8-2-9-19-38)48-32-34-50(61-48)56(51-35-33-49(62-51)55(39-20-10-3-11-21-39)47-31-29-45(53)60-47)42-26-27-43-52(36-42)64-58(41-24-14-5-15-25-41)57(63-43)40-22-12-4-13-23-40/h1-36,59,62H. The summed E-state index contributed by atoms with van der Waals surface area (Å²) in [7, 11) is 0. The van der Waals surface area contributed by atoms with Crippen molar-refractivity contribution in [3.8, 4) is 67.0 Å². The molecule has 0 amide bonds. The first-order valence-corrected chi connectivity index (χ1v) is 21.5. The molecule has 300 valence electrons. The molecular weight excluding hydrogens is 781 g/mol. The second kappa shape index (κ2) is 15.6. The highest BCUT2D eigenvalue weighted by Crippen LogP contribution is 2.39. The summed E-state index contributed by atoms with van der Waals surface area (Å²) < 4.78 is 0. The van der Waals surface area contributed by atoms with E-state index in [1.807, 2.05) is 54.6 Å². The molecule has 6 nitrogen and oxygen atoms in total. The second-order valence-corrected chi connectivity index (χ2v) is 16.0. The number of nitrogens with one attached hydrogen (secondary N) is 2. The molecule has 6 heterocycles. The minimum absolute atomic E-state index is 0.792. The molecule has 10 aromatic rings. The normalized spacial score (nSPS) is 11.9. The van der Waals surface area contributed by atoms with Gasteiger partial charge in [-0.1, -0.05) is 158 Å². The molecule has 0 saturated carbocycles. The third-order valence-corrected chi connectivity index (χ3v) is 12.0. The van der Waals surface area contributed by atoms with Crippen molar-refractivity contribution in [3.05, 3.63) is 217 Å². The number of benzene rings is 6. The lowest BCUT2D eigenvalue weighted by molar-refractivity contribution is 1.29. The largest absolute Gasteiger partial charge is 0.354 e. The summed E-state index contributed by atoms with van der Waals surface area (Å²) in [6, 6.07) is 67.1. The van der Waals surface area contributed by atoms with Gasteiger partial charge in [0.15, 0.2) is 0 Å². The van der Waals surface area contributed by atoms with Crippen molar-refractivity contribution in [3.63, 3.8) is 0 Å². The van der Waals surface area contributed by atoms with Crippen molar-refractivity contribution in [2.24, 2.45) is 0 Å². The van der Waals surface area contributed by atoms with Crippen LogP contribution in [0.5, 0.6) is 0 Å². The fraction of sp³-hybridized carbons (Fsp3) is 0. The molecule has 2 N–H and O–H groups in total. The van der Waals surface area contributed by atoms with Crippen molar-refractivity contribution in [2.45, 2.75) is 0 Å². The molecule has 2 aliphatic rings. The Bertz CT molecular complexity index is 3590. The van der Waals surface area contributed by atoms with E-state index in [2.05, 4.69) is 174 Å². The van der Waals surface area contributed by atoms with Crippen LogP contribution in [0, 0.1) is 0 Å². The summed E-state index contributed by atoms with van der Waals surface area (Å²) in [5, 5.41) is 0. The third-order valence-electron chi connectivity index (χ3n) is 12.0. The van der Waals surface area contributed by atoms with Crippen LogP contribution in [0.15, 0.2) is 194 Å². The summed E-state index contributed by atoms with van der Waals surface area (Å²) in [4.78, 5) is 29.3. The lowest BCUT2D eigenvalue weighted by atomic mass is 10.0. The average molecular weight is 819 g/mol. The van der Waals surface area contributed by atoms with E-state index in [0.29, 0.717) is 0 Å². The Morgan fingerprint density at radius 3 is 0.922 bits per heavy atom. The van der Waals surface area contributed by atoms with Gasteiger partial charge >= 0.3 is 0 Å². The lowest BCUT2D eigenvalue weighted by Gasteiger charge is -2.12. The quantitative estimate of drug-likeness (QED) is 0.175. The molecule has 0 aliphatic carbocycles. The third kappa shape index (κ3) is 6.62. The Hall–Kier alpha value is -8.74. The molecule has 4 aromatic heterocycles. The molecule has 0 radical (unpaired) electrons. The summed E-state index contributed by atoms with van der Waals surface area (Å²) in [6.07, 6.45) is 8.54. The van der Waals surface area contributed by atoms with Crippen LogP contribution in [0.25, 0.3) is 124 Å². The zero-order chi connectivity index (χ0) is 42.4. The van der Waals surface area contributed by atoms with Crippen molar-refractivity contribution < 1.29 is 0 Å². The molecule has 0 unspecified atom stereocenters. The van der Waals surface area contributed by atoms with E-state index in [1.54, 1.807) is 0 Å². The highest BCUT2D eigenvalue weighted by atomic mass is 14.8. The molecule has 0 saturated heterocycles. The van der Waals surface area contributed by atoms with Gasteiger partial charge in [0.2, 0.25) is 0 Å². The lowest BCUT2D eigenvalue weighted by Crippen LogP contribution is -1.96. The molecule has 0 fully saturated rings. The maximum atomic E-state index is 5.51. The fourth-order valence-electron chi connectivity index (χ4n) is 9.04. The Kier molecular flexibility index (Phi) is 9.05. The molecule has 0 atom stereocenters. The predicted octanol–water partition coefficient (Wildman–Crippen LogP) is 14.6. The molecule has 6 aromatic carbocycles. The molecule has 0 spiro atoms. The minimum atomic E-state index is 0.792. The highest BCUT2D eigenvalue weighted by molar-refractivity contribution is 6.01. The number of H-pyrrole nitrogens is 2. The Balaban J connectivity index is 1.19. The maximum absolute atomic E-state index is 5.51. The fourth-order valence-corrected chi connectivity index (χ4v) is 9.04. The van der Waals surface area contributed by atoms with Gasteiger partial charge in [0.05, 0.1) is 45.2 Å². The first-order valence-electron chi connectivity index (χ1n) is 21.5.